The normalized spacial score (nSPS) is 10.6. The highest BCUT2D eigenvalue weighted by molar-refractivity contribution is 6.06. The van der Waals surface area contributed by atoms with Crippen molar-refractivity contribution in [1.82, 2.24) is 19.6 Å². The van der Waals surface area contributed by atoms with E-state index >= 15 is 0 Å². The monoisotopic (exact) mass is 411 g/mol. The SMILES string of the molecule is CCN(C(=O)c1ccn2ncc(-c3ccc(C(N)=O)nc3)c2c1)c1ccc(C#N)cn1. The minimum Gasteiger partial charge on any atom is -0.364 e. The van der Waals surface area contributed by atoms with Gasteiger partial charge in [-0.25, -0.2) is 9.50 Å². The Morgan fingerprint density at radius 3 is 2.58 bits per heavy atom. The van der Waals surface area contributed by atoms with Gasteiger partial charge in [0.1, 0.15) is 17.6 Å². The molecule has 9 heteroatoms. The maximum Gasteiger partial charge on any atom is 0.267 e. The van der Waals surface area contributed by atoms with E-state index in [1.807, 2.05) is 13.0 Å². The van der Waals surface area contributed by atoms with Crippen molar-refractivity contribution in [1.29, 1.82) is 5.26 Å². The molecule has 0 fully saturated rings. The average molecular weight is 411 g/mol. The quantitative estimate of drug-likeness (QED) is 0.537. The summed E-state index contributed by atoms with van der Waals surface area (Å²) < 4.78 is 1.66. The van der Waals surface area contributed by atoms with Crippen LogP contribution in [0.25, 0.3) is 16.6 Å². The van der Waals surface area contributed by atoms with Crippen LogP contribution in [0, 0.1) is 11.3 Å². The minimum atomic E-state index is -0.602. The number of fused-ring (bicyclic) bond motifs is 1. The summed E-state index contributed by atoms with van der Waals surface area (Å²) in [6, 6.07) is 12.0. The maximum absolute atomic E-state index is 13.2. The van der Waals surface area contributed by atoms with Gasteiger partial charge in [0.15, 0.2) is 0 Å². The van der Waals surface area contributed by atoms with Crippen LogP contribution in [0.4, 0.5) is 5.82 Å². The Morgan fingerprint density at radius 1 is 1.13 bits per heavy atom. The van der Waals surface area contributed by atoms with Crippen LogP contribution in [0.5, 0.6) is 0 Å². The smallest absolute Gasteiger partial charge is 0.267 e. The van der Waals surface area contributed by atoms with Gasteiger partial charge in [0.2, 0.25) is 0 Å². The number of hydrogen-bond acceptors (Lipinski definition) is 6. The van der Waals surface area contributed by atoms with Crippen LogP contribution >= 0.6 is 0 Å². The van der Waals surface area contributed by atoms with Crippen LogP contribution < -0.4 is 10.6 Å². The summed E-state index contributed by atoms with van der Waals surface area (Å²) in [5, 5.41) is 13.3. The van der Waals surface area contributed by atoms with Crippen molar-refractivity contribution >= 4 is 23.1 Å². The number of hydrogen-bond donors (Lipinski definition) is 1. The van der Waals surface area contributed by atoms with Crippen LogP contribution in [0.1, 0.15) is 33.3 Å². The number of anilines is 1. The summed E-state index contributed by atoms with van der Waals surface area (Å²) in [6.45, 7) is 2.26. The summed E-state index contributed by atoms with van der Waals surface area (Å²) >= 11 is 0. The maximum atomic E-state index is 13.2. The lowest BCUT2D eigenvalue weighted by Crippen LogP contribution is -2.31. The van der Waals surface area contributed by atoms with Crippen molar-refractivity contribution in [3.8, 4) is 17.2 Å². The van der Waals surface area contributed by atoms with E-state index in [0.29, 0.717) is 29.0 Å². The van der Waals surface area contributed by atoms with Crippen molar-refractivity contribution < 1.29 is 9.59 Å². The lowest BCUT2D eigenvalue weighted by molar-refractivity contribution is 0.0982. The van der Waals surface area contributed by atoms with Crippen molar-refractivity contribution in [2.75, 3.05) is 11.4 Å². The molecule has 0 saturated heterocycles. The average Bonchev–Trinajstić information content (AvgIpc) is 3.23. The van der Waals surface area contributed by atoms with E-state index in [9.17, 15) is 9.59 Å². The van der Waals surface area contributed by atoms with Gasteiger partial charge in [-0.15, -0.1) is 0 Å². The first-order valence-electron chi connectivity index (χ1n) is 9.43. The number of primary amides is 1. The third kappa shape index (κ3) is 3.70. The number of carbonyl (C=O) groups excluding carboxylic acids is 2. The van der Waals surface area contributed by atoms with Gasteiger partial charge < -0.3 is 5.73 Å². The Morgan fingerprint density at radius 2 is 1.97 bits per heavy atom. The molecule has 2 amide bonds. The molecule has 4 rings (SSSR count). The van der Waals surface area contributed by atoms with Gasteiger partial charge in [-0.1, -0.05) is 6.07 Å². The third-order valence-corrected chi connectivity index (χ3v) is 4.81. The molecule has 9 nitrogen and oxygen atoms in total. The zero-order valence-corrected chi connectivity index (χ0v) is 16.6. The number of pyridine rings is 3. The highest BCUT2D eigenvalue weighted by atomic mass is 16.2. The number of nitrogens with zero attached hydrogens (tertiary/aromatic N) is 6. The topological polar surface area (TPSA) is 130 Å². The van der Waals surface area contributed by atoms with Crippen LogP contribution in [-0.4, -0.2) is 37.9 Å². The largest absolute Gasteiger partial charge is 0.364 e. The van der Waals surface area contributed by atoms with Gasteiger partial charge in [-0.2, -0.15) is 10.4 Å². The highest BCUT2D eigenvalue weighted by Gasteiger charge is 2.19. The predicted molar refractivity (Wildman–Crippen MR) is 113 cm³/mol. The molecule has 4 aromatic rings. The molecule has 31 heavy (non-hydrogen) atoms. The molecule has 0 aliphatic heterocycles. The van der Waals surface area contributed by atoms with E-state index in [-0.39, 0.29) is 11.6 Å². The van der Waals surface area contributed by atoms with E-state index < -0.39 is 5.91 Å². The standard InChI is InChI=1S/C22H17N7O2/c1-2-28(20-6-3-14(10-23)11-26-20)22(31)15-7-8-29-19(9-15)17(13-27-29)16-4-5-18(21(24)30)25-12-16/h3-9,11-13H,2H2,1H3,(H2,24,30). The number of nitriles is 1. The molecule has 4 aromatic heterocycles. The van der Waals surface area contributed by atoms with E-state index in [2.05, 4.69) is 15.1 Å². The predicted octanol–water partition coefficient (Wildman–Crippen LogP) is 2.43. The molecule has 0 radical (unpaired) electrons. The van der Waals surface area contributed by atoms with Gasteiger partial charge in [0, 0.05) is 41.8 Å². The van der Waals surface area contributed by atoms with Crippen molar-refractivity contribution in [2.24, 2.45) is 5.73 Å². The fraction of sp³-hybridized carbons (Fsp3) is 0.0909. The summed E-state index contributed by atoms with van der Waals surface area (Å²) in [5.41, 5.74) is 8.52. The first-order valence-corrected chi connectivity index (χ1v) is 9.43. The van der Waals surface area contributed by atoms with E-state index in [1.54, 1.807) is 59.5 Å². The number of rotatable bonds is 5. The van der Waals surface area contributed by atoms with Crippen molar-refractivity contribution in [3.05, 3.63) is 78.0 Å². The van der Waals surface area contributed by atoms with Crippen LogP contribution in [0.3, 0.4) is 0 Å². The van der Waals surface area contributed by atoms with Crippen LogP contribution in [0.15, 0.2) is 61.2 Å². The van der Waals surface area contributed by atoms with Gasteiger partial charge in [0.25, 0.3) is 11.8 Å². The molecule has 0 unspecified atom stereocenters. The molecule has 2 N–H and O–H groups in total. The van der Waals surface area contributed by atoms with E-state index in [4.69, 9.17) is 11.0 Å². The van der Waals surface area contributed by atoms with Gasteiger partial charge >= 0.3 is 0 Å². The van der Waals surface area contributed by atoms with Crippen molar-refractivity contribution in [2.45, 2.75) is 6.92 Å². The Balaban J connectivity index is 1.71. The molecular formula is C22H17N7O2. The third-order valence-electron chi connectivity index (χ3n) is 4.81. The Labute approximate surface area is 177 Å². The molecule has 0 atom stereocenters. The van der Waals surface area contributed by atoms with E-state index in [0.717, 1.165) is 11.1 Å². The Bertz CT molecular complexity index is 1320. The number of nitrogens with two attached hydrogens (primary N) is 1. The molecule has 4 heterocycles. The molecular weight excluding hydrogens is 394 g/mol. The molecule has 0 spiro atoms. The molecule has 0 aromatic carbocycles. The number of aromatic nitrogens is 4. The second kappa shape index (κ2) is 8.04. The zero-order valence-electron chi connectivity index (χ0n) is 16.6. The second-order valence-corrected chi connectivity index (χ2v) is 6.67. The van der Waals surface area contributed by atoms with Gasteiger partial charge in [0.05, 0.1) is 17.3 Å². The minimum absolute atomic E-state index is 0.171. The van der Waals surface area contributed by atoms with E-state index in [1.165, 1.54) is 11.1 Å². The Kier molecular flexibility index (Phi) is 5.12. The lowest BCUT2D eigenvalue weighted by atomic mass is 10.1. The molecule has 0 saturated carbocycles. The first-order chi connectivity index (χ1) is 15.0. The van der Waals surface area contributed by atoms with Gasteiger partial charge in [-0.3, -0.25) is 19.5 Å². The van der Waals surface area contributed by atoms with Gasteiger partial charge in [-0.05, 0) is 37.3 Å². The first kappa shape index (κ1) is 19.7. The molecule has 0 bridgehead atoms. The fourth-order valence-corrected chi connectivity index (χ4v) is 3.21. The highest BCUT2D eigenvalue weighted by Crippen LogP contribution is 2.25. The molecule has 152 valence electrons. The van der Waals surface area contributed by atoms with Crippen LogP contribution in [0.2, 0.25) is 0 Å². The summed E-state index contributed by atoms with van der Waals surface area (Å²) in [7, 11) is 0. The number of carbonyl (C=O) groups is 2. The van der Waals surface area contributed by atoms with Crippen LogP contribution in [-0.2, 0) is 0 Å². The molecule has 0 aliphatic carbocycles. The fourth-order valence-electron chi connectivity index (χ4n) is 3.21. The second-order valence-electron chi connectivity index (χ2n) is 6.67. The summed E-state index contributed by atoms with van der Waals surface area (Å²) in [6.07, 6.45) is 6.36. The molecule has 0 aliphatic rings. The number of amides is 2. The summed E-state index contributed by atoms with van der Waals surface area (Å²) in [5.74, 6) is -0.363. The zero-order chi connectivity index (χ0) is 22.0. The van der Waals surface area contributed by atoms with Crippen molar-refractivity contribution in [3.63, 3.8) is 0 Å². The lowest BCUT2D eigenvalue weighted by Gasteiger charge is -2.20. The Hall–Kier alpha value is -4.58. The summed E-state index contributed by atoms with van der Waals surface area (Å²) in [4.78, 5) is 34.3.